The second-order valence-corrected chi connectivity index (χ2v) is 7.68. The molecule has 1 amide bonds. The minimum Gasteiger partial charge on any atom is -0.484 e. The molecule has 2 N–H and O–H groups in total. The lowest BCUT2D eigenvalue weighted by Gasteiger charge is -2.19. The first-order chi connectivity index (χ1) is 14.6. The van der Waals surface area contributed by atoms with Crippen LogP contribution in [0.4, 0.5) is 0 Å². The van der Waals surface area contributed by atoms with Crippen LogP contribution in [-0.4, -0.2) is 24.0 Å². The van der Waals surface area contributed by atoms with Crippen LogP contribution < -0.4 is 10.1 Å². The lowest BCUT2D eigenvalue weighted by molar-refractivity contribution is -0.123. The van der Waals surface area contributed by atoms with E-state index in [0.29, 0.717) is 17.3 Å². The lowest BCUT2D eigenvalue weighted by Crippen LogP contribution is -2.32. The Hall–Kier alpha value is -3.24. The number of ether oxygens (including phenoxy) is 1. The maximum absolute atomic E-state index is 12.5. The number of hydrogen-bond acceptors (Lipinski definition) is 2. The number of para-hydroxylation sites is 1. The zero-order chi connectivity index (χ0) is 20.9. The summed E-state index contributed by atoms with van der Waals surface area (Å²) in [5.41, 5.74) is 4.27. The summed E-state index contributed by atoms with van der Waals surface area (Å²) in [6, 6.07) is 23.5. The quantitative estimate of drug-likeness (QED) is 0.419. The second kappa shape index (κ2) is 9.06. The van der Waals surface area contributed by atoms with Gasteiger partial charge in [0.15, 0.2) is 6.61 Å². The smallest absolute Gasteiger partial charge is 0.257 e. The van der Waals surface area contributed by atoms with Crippen molar-refractivity contribution in [3.8, 4) is 5.75 Å². The molecule has 0 unspecified atom stereocenters. The van der Waals surface area contributed by atoms with Gasteiger partial charge in [-0.25, -0.2) is 0 Å². The molecule has 4 aromatic rings. The SMILES string of the molecule is Cc1ccc(OCC(=O)NC[C@@H](c2ccccc2Cl)c2c[nH]c3ccccc23)cc1. The van der Waals surface area contributed by atoms with Gasteiger partial charge in [-0.05, 0) is 42.3 Å². The average Bonchev–Trinajstić information content (AvgIpc) is 3.19. The Morgan fingerprint density at radius 2 is 1.73 bits per heavy atom. The Balaban J connectivity index is 1.51. The van der Waals surface area contributed by atoms with E-state index in [2.05, 4.69) is 16.4 Å². The maximum atomic E-state index is 12.5. The highest BCUT2D eigenvalue weighted by molar-refractivity contribution is 6.31. The van der Waals surface area contributed by atoms with Gasteiger partial charge in [0.05, 0.1) is 0 Å². The molecule has 5 heteroatoms. The number of carbonyl (C=O) groups is 1. The number of amides is 1. The van der Waals surface area contributed by atoms with Crippen molar-refractivity contribution in [1.29, 1.82) is 0 Å². The van der Waals surface area contributed by atoms with Crippen molar-refractivity contribution in [3.63, 3.8) is 0 Å². The molecule has 3 aromatic carbocycles. The molecule has 0 fully saturated rings. The summed E-state index contributed by atoms with van der Waals surface area (Å²) in [4.78, 5) is 15.8. The van der Waals surface area contributed by atoms with Gasteiger partial charge in [0.25, 0.3) is 5.91 Å². The van der Waals surface area contributed by atoms with E-state index in [1.54, 1.807) is 0 Å². The van der Waals surface area contributed by atoms with Gasteiger partial charge in [-0.15, -0.1) is 0 Å². The molecule has 1 heterocycles. The van der Waals surface area contributed by atoms with Crippen molar-refractivity contribution in [2.24, 2.45) is 0 Å². The molecule has 0 bridgehead atoms. The third-order valence-corrected chi connectivity index (χ3v) is 5.52. The van der Waals surface area contributed by atoms with E-state index in [-0.39, 0.29) is 18.4 Å². The number of aromatic nitrogens is 1. The van der Waals surface area contributed by atoms with Crippen LogP contribution in [0.5, 0.6) is 5.75 Å². The van der Waals surface area contributed by atoms with E-state index >= 15 is 0 Å². The number of carbonyl (C=O) groups excluding carboxylic acids is 1. The highest BCUT2D eigenvalue weighted by atomic mass is 35.5. The molecule has 0 aliphatic rings. The van der Waals surface area contributed by atoms with Crippen molar-refractivity contribution in [2.75, 3.05) is 13.2 Å². The first-order valence-electron chi connectivity index (χ1n) is 9.88. The van der Waals surface area contributed by atoms with Gasteiger partial charge >= 0.3 is 0 Å². The van der Waals surface area contributed by atoms with Crippen molar-refractivity contribution < 1.29 is 9.53 Å². The van der Waals surface area contributed by atoms with E-state index in [9.17, 15) is 4.79 Å². The number of fused-ring (bicyclic) bond motifs is 1. The van der Waals surface area contributed by atoms with Gasteiger partial charge < -0.3 is 15.0 Å². The topological polar surface area (TPSA) is 54.1 Å². The van der Waals surface area contributed by atoms with Gasteiger partial charge in [-0.1, -0.05) is 65.7 Å². The molecular formula is C25H23ClN2O2. The Bertz CT molecular complexity index is 1150. The monoisotopic (exact) mass is 418 g/mol. The first kappa shape index (κ1) is 20.0. The molecule has 0 aliphatic heterocycles. The summed E-state index contributed by atoms with van der Waals surface area (Å²) < 4.78 is 5.60. The summed E-state index contributed by atoms with van der Waals surface area (Å²) >= 11 is 6.51. The van der Waals surface area contributed by atoms with Crippen LogP contribution in [0.2, 0.25) is 5.02 Å². The third kappa shape index (κ3) is 4.50. The summed E-state index contributed by atoms with van der Waals surface area (Å²) in [5.74, 6) is 0.417. The Labute approximate surface area is 180 Å². The van der Waals surface area contributed by atoms with E-state index in [1.807, 2.05) is 79.9 Å². The Morgan fingerprint density at radius 1 is 1.00 bits per heavy atom. The predicted molar refractivity (Wildman–Crippen MR) is 121 cm³/mol. The number of nitrogens with one attached hydrogen (secondary N) is 2. The normalized spacial score (nSPS) is 11.9. The number of aryl methyl sites for hydroxylation is 1. The first-order valence-corrected chi connectivity index (χ1v) is 10.3. The summed E-state index contributed by atoms with van der Waals surface area (Å²) in [6.07, 6.45) is 1.99. The van der Waals surface area contributed by atoms with Crippen molar-refractivity contribution in [1.82, 2.24) is 10.3 Å². The highest BCUT2D eigenvalue weighted by Crippen LogP contribution is 2.34. The molecule has 152 valence electrons. The van der Waals surface area contributed by atoms with Crippen LogP contribution in [0.3, 0.4) is 0 Å². The summed E-state index contributed by atoms with van der Waals surface area (Å²) in [6.45, 7) is 2.39. The zero-order valence-electron chi connectivity index (χ0n) is 16.7. The number of hydrogen-bond donors (Lipinski definition) is 2. The number of rotatable bonds is 7. The zero-order valence-corrected chi connectivity index (χ0v) is 17.4. The fourth-order valence-electron chi connectivity index (χ4n) is 3.58. The third-order valence-electron chi connectivity index (χ3n) is 5.17. The summed E-state index contributed by atoms with van der Waals surface area (Å²) in [5, 5.41) is 4.80. The molecule has 30 heavy (non-hydrogen) atoms. The van der Waals surface area contributed by atoms with Gasteiger partial charge in [-0.2, -0.15) is 0 Å². The summed E-state index contributed by atoms with van der Waals surface area (Å²) in [7, 11) is 0. The van der Waals surface area contributed by atoms with E-state index in [1.165, 1.54) is 0 Å². The fraction of sp³-hybridized carbons (Fsp3) is 0.160. The maximum Gasteiger partial charge on any atom is 0.257 e. The molecule has 0 aliphatic carbocycles. The van der Waals surface area contributed by atoms with E-state index < -0.39 is 0 Å². The van der Waals surface area contributed by atoms with E-state index in [0.717, 1.165) is 27.6 Å². The van der Waals surface area contributed by atoms with Crippen molar-refractivity contribution in [3.05, 3.63) is 101 Å². The number of aromatic amines is 1. The van der Waals surface area contributed by atoms with Crippen molar-refractivity contribution >= 4 is 28.4 Å². The fourth-order valence-corrected chi connectivity index (χ4v) is 3.85. The number of H-pyrrole nitrogens is 1. The minimum atomic E-state index is -0.174. The Kier molecular flexibility index (Phi) is 6.05. The Morgan fingerprint density at radius 3 is 2.53 bits per heavy atom. The van der Waals surface area contributed by atoms with Crippen LogP contribution in [0.1, 0.15) is 22.6 Å². The number of halogens is 1. The molecule has 4 nitrogen and oxygen atoms in total. The highest BCUT2D eigenvalue weighted by Gasteiger charge is 2.21. The lowest BCUT2D eigenvalue weighted by atomic mass is 9.91. The molecule has 1 aromatic heterocycles. The molecular weight excluding hydrogens is 396 g/mol. The van der Waals surface area contributed by atoms with E-state index in [4.69, 9.17) is 16.3 Å². The van der Waals surface area contributed by atoms with Gasteiger partial charge in [0, 0.05) is 34.6 Å². The number of benzene rings is 3. The second-order valence-electron chi connectivity index (χ2n) is 7.27. The van der Waals surface area contributed by atoms with Crippen molar-refractivity contribution in [2.45, 2.75) is 12.8 Å². The molecule has 0 spiro atoms. The molecule has 4 rings (SSSR count). The van der Waals surface area contributed by atoms with Crippen LogP contribution in [-0.2, 0) is 4.79 Å². The van der Waals surface area contributed by atoms with Crippen LogP contribution >= 0.6 is 11.6 Å². The largest absolute Gasteiger partial charge is 0.484 e. The van der Waals surface area contributed by atoms with Crippen LogP contribution in [0.15, 0.2) is 79.0 Å². The average molecular weight is 419 g/mol. The van der Waals surface area contributed by atoms with Gasteiger partial charge in [0.2, 0.25) is 0 Å². The minimum absolute atomic E-state index is 0.0355. The van der Waals surface area contributed by atoms with Crippen LogP contribution in [0.25, 0.3) is 10.9 Å². The molecule has 0 saturated carbocycles. The molecule has 1 atom stereocenters. The molecule has 0 saturated heterocycles. The van der Waals surface area contributed by atoms with Gasteiger partial charge in [0.1, 0.15) is 5.75 Å². The van der Waals surface area contributed by atoms with Crippen LogP contribution in [0, 0.1) is 6.92 Å². The standard InChI is InChI=1S/C25H23ClN2O2/c1-17-10-12-18(13-11-17)30-16-25(29)28-15-21(19-6-2-4-8-23(19)26)22-14-27-24-9-5-3-7-20(22)24/h2-14,21,27H,15-16H2,1H3,(H,28,29)/t21-/m0/s1. The molecule has 0 radical (unpaired) electrons. The predicted octanol–water partition coefficient (Wildman–Crippen LogP) is 5.46. The van der Waals surface area contributed by atoms with Gasteiger partial charge in [-0.3, -0.25) is 4.79 Å².